The molecule has 0 bridgehead atoms. The molecule has 0 unspecified atom stereocenters. The van der Waals surface area contributed by atoms with Gasteiger partial charge in [0.2, 0.25) is 0 Å². The highest BCUT2D eigenvalue weighted by molar-refractivity contribution is 14.1. The number of carbonyl (C=O) groups is 1. The molecule has 1 aromatic rings. The molecule has 0 aliphatic rings. The minimum Gasteiger partial charge on any atom is -0.462 e. The number of ether oxygens (including phenoxy) is 1. The van der Waals surface area contributed by atoms with Gasteiger partial charge >= 0.3 is 5.97 Å². The zero-order valence-electron chi connectivity index (χ0n) is 7.63. The Morgan fingerprint density at radius 1 is 1.54 bits per heavy atom. The van der Waals surface area contributed by atoms with E-state index >= 15 is 0 Å². The SMILES string of the molecule is CCOC(=O)c1cc(C)ccc1I. The van der Waals surface area contributed by atoms with Crippen LogP contribution < -0.4 is 0 Å². The van der Waals surface area contributed by atoms with E-state index in [0.717, 1.165) is 9.13 Å². The number of hydrogen-bond acceptors (Lipinski definition) is 2. The third-order valence-electron chi connectivity index (χ3n) is 1.62. The van der Waals surface area contributed by atoms with E-state index in [1.54, 1.807) is 6.92 Å². The van der Waals surface area contributed by atoms with Crippen molar-refractivity contribution in [3.8, 4) is 0 Å². The molecule has 0 N–H and O–H groups in total. The van der Waals surface area contributed by atoms with Crippen molar-refractivity contribution in [2.24, 2.45) is 0 Å². The van der Waals surface area contributed by atoms with Gasteiger partial charge in [0.1, 0.15) is 0 Å². The van der Waals surface area contributed by atoms with Crippen LogP contribution in [0.15, 0.2) is 18.2 Å². The smallest absolute Gasteiger partial charge is 0.339 e. The molecule has 0 saturated heterocycles. The summed E-state index contributed by atoms with van der Waals surface area (Å²) in [6.07, 6.45) is 0. The molecule has 0 aliphatic heterocycles. The van der Waals surface area contributed by atoms with Gasteiger partial charge in [-0.1, -0.05) is 11.6 Å². The van der Waals surface area contributed by atoms with Crippen molar-refractivity contribution in [1.82, 2.24) is 0 Å². The van der Waals surface area contributed by atoms with Crippen molar-refractivity contribution in [2.75, 3.05) is 6.61 Å². The minimum absolute atomic E-state index is 0.240. The average Bonchev–Trinajstić information content (AvgIpc) is 2.09. The second-order valence-corrected chi connectivity index (χ2v) is 3.87. The van der Waals surface area contributed by atoms with Gasteiger partial charge in [0.15, 0.2) is 0 Å². The molecule has 0 atom stereocenters. The Hall–Kier alpha value is -0.580. The van der Waals surface area contributed by atoms with Gasteiger partial charge in [0, 0.05) is 3.57 Å². The highest BCUT2D eigenvalue weighted by Crippen LogP contribution is 2.15. The molecule has 1 aromatic carbocycles. The molecule has 2 nitrogen and oxygen atoms in total. The van der Waals surface area contributed by atoms with Gasteiger partial charge in [-0.15, -0.1) is 0 Å². The number of benzene rings is 1. The minimum atomic E-state index is -0.240. The van der Waals surface area contributed by atoms with Crippen molar-refractivity contribution in [3.63, 3.8) is 0 Å². The number of halogens is 1. The quantitative estimate of drug-likeness (QED) is 0.618. The fraction of sp³-hybridized carbons (Fsp3) is 0.300. The summed E-state index contributed by atoms with van der Waals surface area (Å²) in [6.45, 7) is 4.18. The van der Waals surface area contributed by atoms with E-state index in [9.17, 15) is 4.79 Å². The summed E-state index contributed by atoms with van der Waals surface area (Å²) in [6, 6.07) is 5.74. The normalized spacial score (nSPS) is 9.77. The van der Waals surface area contributed by atoms with Gasteiger partial charge in [-0.05, 0) is 48.6 Å². The molecule has 0 saturated carbocycles. The largest absolute Gasteiger partial charge is 0.462 e. The first-order valence-electron chi connectivity index (χ1n) is 4.08. The maximum absolute atomic E-state index is 11.4. The number of hydrogen-bond donors (Lipinski definition) is 0. The van der Waals surface area contributed by atoms with Crippen LogP contribution in [-0.2, 0) is 4.74 Å². The maximum Gasteiger partial charge on any atom is 0.339 e. The van der Waals surface area contributed by atoms with Gasteiger partial charge in [-0.25, -0.2) is 4.79 Å². The summed E-state index contributed by atoms with van der Waals surface area (Å²) in [7, 11) is 0. The number of aryl methyl sites for hydroxylation is 1. The Kier molecular flexibility index (Phi) is 3.71. The van der Waals surface area contributed by atoms with Crippen molar-refractivity contribution >= 4 is 28.6 Å². The topological polar surface area (TPSA) is 26.3 Å². The maximum atomic E-state index is 11.4. The third-order valence-corrected chi connectivity index (χ3v) is 2.56. The Balaban J connectivity index is 2.99. The summed E-state index contributed by atoms with van der Waals surface area (Å²) in [5.74, 6) is -0.240. The Labute approximate surface area is 91.4 Å². The van der Waals surface area contributed by atoms with Gasteiger partial charge in [0.05, 0.1) is 12.2 Å². The first-order chi connectivity index (χ1) is 6.15. The Bertz CT molecular complexity index is 321. The first kappa shape index (κ1) is 10.5. The lowest BCUT2D eigenvalue weighted by Crippen LogP contribution is -2.06. The zero-order valence-corrected chi connectivity index (χ0v) is 9.79. The molecular formula is C10H11IO2. The summed E-state index contributed by atoms with van der Waals surface area (Å²) < 4.78 is 5.85. The van der Waals surface area contributed by atoms with Gasteiger partial charge in [0.25, 0.3) is 0 Å². The summed E-state index contributed by atoms with van der Waals surface area (Å²) in [4.78, 5) is 11.4. The second-order valence-electron chi connectivity index (χ2n) is 2.70. The van der Waals surface area contributed by atoms with Crippen LogP contribution in [0.25, 0.3) is 0 Å². The van der Waals surface area contributed by atoms with E-state index in [1.807, 2.05) is 25.1 Å². The summed E-state index contributed by atoms with van der Waals surface area (Å²) >= 11 is 2.13. The van der Waals surface area contributed by atoms with E-state index in [-0.39, 0.29) is 5.97 Å². The van der Waals surface area contributed by atoms with Gasteiger partial charge in [-0.2, -0.15) is 0 Å². The third kappa shape index (κ3) is 2.69. The lowest BCUT2D eigenvalue weighted by molar-refractivity contribution is 0.0525. The van der Waals surface area contributed by atoms with Crippen LogP contribution in [0.1, 0.15) is 22.8 Å². The van der Waals surface area contributed by atoms with Crippen molar-refractivity contribution in [3.05, 3.63) is 32.9 Å². The van der Waals surface area contributed by atoms with E-state index in [1.165, 1.54) is 0 Å². The molecule has 0 aromatic heterocycles. The highest BCUT2D eigenvalue weighted by Gasteiger charge is 2.10. The van der Waals surface area contributed by atoms with Crippen LogP contribution in [0.2, 0.25) is 0 Å². The number of carbonyl (C=O) groups excluding carboxylic acids is 1. The fourth-order valence-electron chi connectivity index (χ4n) is 1.00. The van der Waals surface area contributed by atoms with Crippen molar-refractivity contribution in [1.29, 1.82) is 0 Å². The molecule has 0 heterocycles. The van der Waals surface area contributed by atoms with E-state index in [2.05, 4.69) is 22.6 Å². The predicted octanol–water partition coefficient (Wildman–Crippen LogP) is 2.78. The molecule has 13 heavy (non-hydrogen) atoms. The molecule has 3 heteroatoms. The highest BCUT2D eigenvalue weighted by atomic mass is 127. The van der Waals surface area contributed by atoms with Crippen molar-refractivity contribution in [2.45, 2.75) is 13.8 Å². The monoisotopic (exact) mass is 290 g/mol. The molecule has 0 fully saturated rings. The number of rotatable bonds is 2. The average molecular weight is 290 g/mol. The predicted molar refractivity (Wildman–Crippen MR) is 59.9 cm³/mol. The number of esters is 1. The second kappa shape index (κ2) is 4.60. The zero-order chi connectivity index (χ0) is 9.84. The molecular weight excluding hydrogens is 279 g/mol. The Morgan fingerprint density at radius 3 is 2.85 bits per heavy atom. The molecule has 0 aliphatic carbocycles. The Morgan fingerprint density at radius 2 is 2.23 bits per heavy atom. The fourth-order valence-corrected chi connectivity index (χ4v) is 1.56. The molecule has 70 valence electrons. The summed E-state index contributed by atoms with van der Waals surface area (Å²) in [5, 5.41) is 0. The van der Waals surface area contributed by atoms with Crippen LogP contribution in [0.4, 0.5) is 0 Å². The van der Waals surface area contributed by atoms with E-state index in [0.29, 0.717) is 12.2 Å². The molecule has 0 radical (unpaired) electrons. The standard InChI is InChI=1S/C10H11IO2/c1-3-13-10(12)8-6-7(2)4-5-9(8)11/h4-6H,3H2,1-2H3. The molecule has 0 spiro atoms. The first-order valence-corrected chi connectivity index (χ1v) is 5.16. The van der Waals surface area contributed by atoms with Crippen LogP contribution >= 0.6 is 22.6 Å². The lowest BCUT2D eigenvalue weighted by atomic mass is 10.1. The van der Waals surface area contributed by atoms with Crippen LogP contribution in [0.3, 0.4) is 0 Å². The lowest BCUT2D eigenvalue weighted by Gasteiger charge is -2.04. The van der Waals surface area contributed by atoms with E-state index < -0.39 is 0 Å². The van der Waals surface area contributed by atoms with Gasteiger partial charge < -0.3 is 4.74 Å². The van der Waals surface area contributed by atoms with Crippen LogP contribution in [0, 0.1) is 10.5 Å². The van der Waals surface area contributed by atoms with Crippen LogP contribution in [0.5, 0.6) is 0 Å². The molecule has 0 amide bonds. The van der Waals surface area contributed by atoms with Crippen LogP contribution in [-0.4, -0.2) is 12.6 Å². The van der Waals surface area contributed by atoms with E-state index in [4.69, 9.17) is 4.74 Å². The van der Waals surface area contributed by atoms with Crippen molar-refractivity contribution < 1.29 is 9.53 Å². The van der Waals surface area contributed by atoms with Gasteiger partial charge in [-0.3, -0.25) is 0 Å². The molecule has 1 rings (SSSR count). The summed E-state index contributed by atoms with van der Waals surface area (Å²) in [5.41, 5.74) is 1.73.